The maximum atomic E-state index is 5.18. The van der Waals surface area contributed by atoms with Crippen LogP contribution in [-0.2, 0) is 6.54 Å². The fourth-order valence-electron chi connectivity index (χ4n) is 1.58. The Hall–Kier alpha value is -2.35. The molecule has 0 radical (unpaired) electrons. The number of nitrogens with zero attached hydrogens (tertiary/aromatic N) is 5. The van der Waals surface area contributed by atoms with Crippen molar-refractivity contribution in [2.75, 3.05) is 0 Å². The number of hydrogen-bond donors (Lipinski definition) is 1. The molecule has 90 valence electrons. The lowest BCUT2D eigenvalue weighted by atomic mass is 10.3. The zero-order valence-electron chi connectivity index (χ0n) is 9.15. The molecule has 0 unspecified atom stereocenters. The van der Waals surface area contributed by atoms with Crippen molar-refractivity contribution in [1.82, 2.24) is 29.9 Å². The van der Waals surface area contributed by atoms with Gasteiger partial charge in [0.2, 0.25) is 6.39 Å². The fraction of sp³-hybridized carbons (Fsp3) is 0.100. The van der Waals surface area contributed by atoms with E-state index in [9.17, 15) is 0 Å². The van der Waals surface area contributed by atoms with Gasteiger partial charge in [-0.05, 0) is 24.4 Å². The van der Waals surface area contributed by atoms with E-state index in [0.29, 0.717) is 23.0 Å². The quantitative estimate of drug-likeness (QED) is 0.717. The van der Waals surface area contributed by atoms with Crippen LogP contribution < -0.4 is 0 Å². The Bertz CT molecular complexity index is 687. The summed E-state index contributed by atoms with van der Waals surface area (Å²) in [5.74, 6) is 1.23. The normalized spacial score (nSPS) is 10.7. The molecule has 0 aromatic carbocycles. The molecule has 18 heavy (non-hydrogen) atoms. The molecule has 7 nitrogen and oxygen atoms in total. The molecule has 0 saturated heterocycles. The van der Waals surface area contributed by atoms with E-state index in [0.717, 1.165) is 5.56 Å². The van der Waals surface area contributed by atoms with Gasteiger partial charge in [0.1, 0.15) is 0 Å². The van der Waals surface area contributed by atoms with Gasteiger partial charge < -0.3 is 4.52 Å². The molecule has 0 saturated carbocycles. The summed E-state index contributed by atoms with van der Waals surface area (Å²) in [5.41, 5.74) is 0.869. The second-order valence-electron chi connectivity index (χ2n) is 3.53. The van der Waals surface area contributed by atoms with Crippen molar-refractivity contribution in [3.05, 3.63) is 41.5 Å². The van der Waals surface area contributed by atoms with E-state index in [4.69, 9.17) is 16.7 Å². The van der Waals surface area contributed by atoms with Crippen LogP contribution >= 0.6 is 12.2 Å². The summed E-state index contributed by atoms with van der Waals surface area (Å²) >= 11 is 5.18. The third-order valence-electron chi connectivity index (χ3n) is 2.38. The Morgan fingerprint density at radius 2 is 2.39 bits per heavy atom. The summed E-state index contributed by atoms with van der Waals surface area (Å²) < 4.78 is 6.98. The third kappa shape index (κ3) is 1.93. The Labute approximate surface area is 107 Å². The Kier molecular flexibility index (Phi) is 2.69. The highest BCUT2D eigenvalue weighted by molar-refractivity contribution is 7.71. The second-order valence-corrected chi connectivity index (χ2v) is 3.91. The van der Waals surface area contributed by atoms with Crippen molar-refractivity contribution in [3.8, 4) is 11.4 Å². The molecule has 0 atom stereocenters. The van der Waals surface area contributed by atoms with Gasteiger partial charge >= 0.3 is 0 Å². The number of pyridine rings is 1. The van der Waals surface area contributed by atoms with E-state index in [1.54, 1.807) is 17.0 Å². The van der Waals surface area contributed by atoms with Gasteiger partial charge in [0.05, 0.1) is 6.54 Å². The van der Waals surface area contributed by atoms with E-state index in [1.807, 2.05) is 12.1 Å². The maximum Gasteiger partial charge on any atom is 0.213 e. The summed E-state index contributed by atoms with van der Waals surface area (Å²) in [6.45, 7) is 0.399. The highest BCUT2D eigenvalue weighted by Crippen LogP contribution is 2.16. The van der Waals surface area contributed by atoms with Crippen LogP contribution in [0.2, 0.25) is 0 Å². The molecule has 0 amide bonds. The van der Waals surface area contributed by atoms with Crippen LogP contribution in [0.25, 0.3) is 11.4 Å². The van der Waals surface area contributed by atoms with E-state index >= 15 is 0 Å². The molecule has 8 heteroatoms. The average Bonchev–Trinajstić information content (AvgIpc) is 3.03. The zero-order chi connectivity index (χ0) is 12.4. The molecule has 3 aromatic rings. The number of H-pyrrole nitrogens is 1. The van der Waals surface area contributed by atoms with Crippen molar-refractivity contribution in [3.63, 3.8) is 0 Å². The lowest BCUT2D eigenvalue weighted by molar-refractivity contribution is 0.408. The molecule has 0 bridgehead atoms. The van der Waals surface area contributed by atoms with Crippen LogP contribution in [0.4, 0.5) is 0 Å². The van der Waals surface area contributed by atoms with Crippen molar-refractivity contribution < 1.29 is 4.52 Å². The van der Waals surface area contributed by atoms with Crippen molar-refractivity contribution >= 4 is 12.2 Å². The van der Waals surface area contributed by atoms with Gasteiger partial charge in [0.25, 0.3) is 0 Å². The van der Waals surface area contributed by atoms with E-state index in [-0.39, 0.29) is 0 Å². The first-order chi connectivity index (χ1) is 8.84. The minimum absolute atomic E-state index is 0.399. The molecule has 0 aliphatic carbocycles. The Balaban J connectivity index is 2.04. The molecular formula is C10H8N6OS. The van der Waals surface area contributed by atoms with Crippen LogP contribution in [0.5, 0.6) is 0 Å². The van der Waals surface area contributed by atoms with Gasteiger partial charge in [0, 0.05) is 18.0 Å². The van der Waals surface area contributed by atoms with Gasteiger partial charge in [-0.1, -0.05) is 5.16 Å². The first-order valence-corrected chi connectivity index (χ1v) is 5.56. The molecule has 3 rings (SSSR count). The van der Waals surface area contributed by atoms with Crippen LogP contribution in [0.3, 0.4) is 0 Å². The van der Waals surface area contributed by atoms with Crippen LogP contribution in [-0.4, -0.2) is 29.9 Å². The van der Waals surface area contributed by atoms with E-state index in [2.05, 4.69) is 25.3 Å². The number of aromatic amines is 1. The van der Waals surface area contributed by atoms with E-state index < -0.39 is 0 Å². The lowest BCUT2D eigenvalue weighted by Gasteiger charge is -2.03. The smallest absolute Gasteiger partial charge is 0.213 e. The Morgan fingerprint density at radius 3 is 3.11 bits per heavy atom. The van der Waals surface area contributed by atoms with Crippen molar-refractivity contribution in [1.29, 1.82) is 0 Å². The highest BCUT2D eigenvalue weighted by Gasteiger charge is 2.11. The summed E-state index contributed by atoms with van der Waals surface area (Å²) in [4.78, 5) is 8.02. The number of nitrogens with one attached hydrogen (secondary N) is 1. The summed E-state index contributed by atoms with van der Waals surface area (Å²) in [7, 11) is 0. The fourth-order valence-corrected chi connectivity index (χ4v) is 1.78. The minimum Gasteiger partial charge on any atom is -0.343 e. The lowest BCUT2D eigenvalue weighted by Crippen LogP contribution is -2.04. The van der Waals surface area contributed by atoms with Crippen LogP contribution in [0, 0.1) is 4.77 Å². The van der Waals surface area contributed by atoms with Crippen LogP contribution in [0.15, 0.2) is 35.4 Å². The third-order valence-corrected chi connectivity index (χ3v) is 2.70. The standard InChI is InChI=1S/C10H8N6OS/c18-10-14-13-9(7-2-1-3-11-4-7)16(10)5-8-12-6-17-15-8/h1-4,6H,5H2,(H,14,18). The minimum atomic E-state index is 0.399. The molecule has 0 aliphatic heterocycles. The van der Waals surface area contributed by atoms with Gasteiger partial charge in [-0.2, -0.15) is 10.1 Å². The van der Waals surface area contributed by atoms with Crippen molar-refractivity contribution in [2.24, 2.45) is 0 Å². The molecule has 0 aliphatic rings. The number of rotatable bonds is 3. The van der Waals surface area contributed by atoms with Gasteiger partial charge in [-0.25, -0.2) is 0 Å². The first kappa shape index (κ1) is 10.8. The summed E-state index contributed by atoms with van der Waals surface area (Å²) in [5, 5.41) is 10.7. The number of hydrogen-bond acceptors (Lipinski definition) is 6. The van der Waals surface area contributed by atoms with Gasteiger partial charge in [-0.15, -0.1) is 0 Å². The highest BCUT2D eigenvalue weighted by atomic mass is 32.1. The maximum absolute atomic E-state index is 5.18. The largest absolute Gasteiger partial charge is 0.343 e. The molecular weight excluding hydrogens is 252 g/mol. The predicted molar refractivity (Wildman–Crippen MR) is 64.0 cm³/mol. The molecule has 0 fully saturated rings. The molecule has 0 spiro atoms. The molecule has 3 aromatic heterocycles. The van der Waals surface area contributed by atoms with Crippen molar-refractivity contribution in [2.45, 2.75) is 6.54 Å². The topological polar surface area (TPSA) is 85.4 Å². The number of aromatic nitrogens is 6. The molecule has 1 N–H and O–H groups in total. The zero-order valence-corrected chi connectivity index (χ0v) is 9.96. The summed E-state index contributed by atoms with van der Waals surface area (Å²) in [6.07, 6.45) is 4.70. The van der Waals surface area contributed by atoms with Gasteiger partial charge in [0.15, 0.2) is 16.4 Å². The molecule has 3 heterocycles. The second kappa shape index (κ2) is 4.49. The Morgan fingerprint density at radius 1 is 1.44 bits per heavy atom. The average molecular weight is 260 g/mol. The summed E-state index contributed by atoms with van der Waals surface area (Å²) in [6, 6.07) is 3.75. The predicted octanol–water partition coefficient (Wildman–Crippen LogP) is 1.43. The van der Waals surface area contributed by atoms with Gasteiger partial charge in [-0.3, -0.25) is 14.6 Å². The SMILES string of the molecule is S=c1[nH]nc(-c2cccnc2)n1Cc1ncon1. The van der Waals surface area contributed by atoms with Crippen LogP contribution in [0.1, 0.15) is 5.82 Å². The first-order valence-electron chi connectivity index (χ1n) is 5.15. The monoisotopic (exact) mass is 260 g/mol. The van der Waals surface area contributed by atoms with E-state index in [1.165, 1.54) is 6.39 Å².